The molecule has 0 fully saturated rings. The molecule has 0 amide bonds. The molecule has 206 valence electrons. The lowest BCUT2D eigenvalue weighted by Crippen LogP contribution is -2.75. The molecule has 23 heteroatoms. The number of sulfonamides is 1. The van der Waals surface area contributed by atoms with Crippen LogP contribution in [0, 0.1) is 0 Å². The first-order chi connectivity index (χ1) is 14.5. The van der Waals surface area contributed by atoms with Gasteiger partial charge in [-0.2, -0.15) is 74.6 Å². The van der Waals surface area contributed by atoms with E-state index in [1.54, 1.807) is 0 Å². The van der Waals surface area contributed by atoms with Crippen molar-refractivity contribution in [2.75, 3.05) is 12.4 Å². The summed E-state index contributed by atoms with van der Waals surface area (Å²) in [7, 11) is -7.42. The number of hydrogen-bond acceptors (Lipinski definition) is 3. The highest BCUT2D eigenvalue weighted by Gasteiger charge is 2.96. The molecule has 0 radical (unpaired) electrons. The van der Waals surface area contributed by atoms with Gasteiger partial charge in [0.15, 0.2) is 0 Å². The lowest BCUT2D eigenvalue weighted by Gasteiger charge is -2.42. The van der Waals surface area contributed by atoms with Gasteiger partial charge in [0.1, 0.15) is 0 Å². The minimum absolute atomic E-state index is 0.218. The zero-order chi connectivity index (χ0) is 28.2. The molecule has 0 saturated heterocycles. The van der Waals surface area contributed by atoms with E-state index in [9.17, 15) is 83.1 Å². The van der Waals surface area contributed by atoms with E-state index in [1.165, 1.54) is 0 Å². The third kappa shape index (κ3) is 4.46. The molecule has 4 nitrogen and oxygen atoms in total. The van der Waals surface area contributed by atoms with Crippen molar-refractivity contribution in [3.63, 3.8) is 0 Å². The molecular weight excluding hydrogens is 585 g/mol. The molecule has 0 aromatic heterocycles. The van der Waals surface area contributed by atoms with Crippen LogP contribution in [-0.4, -0.2) is 79.0 Å². The Balaban J connectivity index is 6.77. The second-order valence-electron chi connectivity index (χ2n) is 6.12. The highest BCUT2D eigenvalue weighted by Crippen LogP contribution is 2.64. The molecule has 0 aliphatic heterocycles. The van der Waals surface area contributed by atoms with Crippen molar-refractivity contribution in [1.82, 2.24) is 4.72 Å². The van der Waals surface area contributed by atoms with Gasteiger partial charge in [0.2, 0.25) is 0 Å². The summed E-state index contributed by atoms with van der Waals surface area (Å²) in [6.45, 7) is -1.83. The van der Waals surface area contributed by atoms with Crippen LogP contribution in [0.2, 0.25) is 0 Å². The zero-order valence-corrected chi connectivity index (χ0v) is 16.5. The standard InChI is InChI=1S/C11H7ClF17NO3S/c12-1-3(31)2-30-34(32,33)11(28,29)9(23,24)7(19,20)5(15,16)4(13,14)6(17,18)8(21,22)10(25,26)27/h3,30-31H,1-2H2. The molecule has 1 unspecified atom stereocenters. The smallest absolute Gasteiger partial charge is 0.391 e. The third-order valence-corrected chi connectivity index (χ3v) is 5.55. The average molecular weight is 592 g/mol. The summed E-state index contributed by atoms with van der Waals surface area (Å²) < 4.78 is 244. The van der Waals surface area contributed by atoms with Crippen LogP contribution in [0.3, 0.4) is 0 Å². The fourth-order valence-electron chi connectivity index (χ4n) is 1.67. The Morgan fingerprint density at radius 1 is 0.618 bits per heavy atom. The van der Waals surface area contributed by atoms with Crippen LogP contribution in [-0.2, 0) is 10.0 Å². The summed E-state index contributed by atoms with van der Waals surface area (Å²) in [5.74, 6) is -53.0. The van der Waals surface area contributed by atoms with Crippen LogP contribution >= 0.6 is 11.6 Å². The SMILES string of the molecule is O=S(=O)(NCC(O)CCl)C(F)(F)C(F)(F)C(F)(F)C(F)(F)C(F)(F)C(F)(F)C(F)(F)C(F)(F)F. The lowest BCUT2D eigenvalue weighted by molar-refractivity contribution is -0.458. The molecule has 0 aliphatic rings. The summed E-state index contributed by atoms with van der Waals surface area (Å²) in [6, 6.07) is 0. The molecule has 1 atom stereocenters. The van der Waals surface area contributed by atoms with E-state index in [1.807, 2.05) is 0 Å². The molecular formula is C11H7ClF17NO3S. The fraction of sp³-hybridized carbons (Fsp3) is 1.00. The van der Waals surface area contributed by atoms with Crippen molar-refractivity contribution < 1.29 is 88.2 Å². The number of aliphatic hydroxyl groups is 1. The second-order valence-corrected chi connectivity index (χ2v) is 8.24. The third-order valence-electron chi connectivity index (χ3n) is 3.72. The molecule has 2 N–H and O–H groups in total. The van der Waals surface area contributed by atoms with Gasteiger partial charge in [-0.1, -0.05) is 0 Å². The molecule has 0 rings (SSSR count). The monoisotopic (exact) mass is 591 g/mol. The van der Waals surface area contributed by atoms with Gasteiger partial charge in [0, 0.05) is 12.4 Å². The Morgan fingerprint density at radius 3 is 1.21 bits per heavy atom. The van der Waals surface area contributed by atoms with Gasteiger partial charge in [-0.3, -0.25) is 0 Å². The topological polar surface area (TPSA) is 66.4 Å². The summed E-state index contributed by atoms with van der Waals surface area (Å²) in [4.78, 5) is 0. The second kappa shape index (κ2) is 8.82. The molecule has 0 saturated carbocycles. The summed E-state index contributed by atoms with van der Waals surface area (Å²) >= 11 is 4.84. The van der Waals surface area contributed by atoms with Gasteiger partial charge in [0.05, 0.1) is 6.10 Å². The maximum absolute atomic E-state index is 13.6. The highest BCUT2D eigenvalue weighted by molar-refractivity contribution is 7.90. The molecule has 0 spiro atoms. The van der Waals surface area contributed by atoms with Gasteiger partial charge in [0.25, 0.3) is 10.0 Å². The Labute approximate surface area is 181 Å². The minimum atomic E-state index is -8.89. The van der Waals surface area contributed by atoms with Crippen LogP contribution in [0.1, 0.15) is 0 Å². The number of alkyl halides is 18. The van der Waals surface area contributed by atoms with Gasteiger partial charge in [-0.05, 0) is 0 Å². The minimum Gasteiger partial charge on any atom is -0.391 e. The van der Waals surface area contributed by atoms with E-state index >= 15 is 0 Å². The van der Waals surface area contributed by atoms with Crippen LogP contribution in [0.15, 0.2) is 0 Å². The number of halogens is 18. The Hall–Kier alpha value is -1.03. The zero-order valence-electron chi connectivity index (χ0n) is 15.0. The van der Waals surface area contributed by atoms with Crippen LogP contribution in [0.25, 0.3) is 0 Å². The lowest BCUT2D eigenvalue weighted by atomic mass is 9.91. The molecule has 0 bridgehead atoms. The van der Waals surface area contributed by atoms with Crippen molar-refractivity contribution in [2.24, 2.45) is 0 Å². The Kier molecular flexibility index (Phi) is 8.55. The van der Waals surface area contributed by atoms with E-state index < -0.39 is 75.5 Å². The number of rotatable bonds is 11. The first-order valence-corrected chi connectivity index (χ1v) is 9.42. The van der Waals surface area contributed by atoms with E-state index in [4.69, 9.17) is 16.7 Å². The Morgan fingerprint density at radius 2 is 0.912 bits per heavy atom. The maximum Gasteiger partial charge on any atom is 0.460 e. The molecule has 0 aromatic carbocycles. The number of aliphatic hydroxyl groups excluding tert-OH is 1. The van der Waals surface area contributed by atoms with Crippen LogP contribution in [0.4, 0.5) is 74.6 Å². The largest absolute Gasteiger partial charge is 0.460 e. The van der Waals surface area contributed by atoms with E-state index in [0.29, 0.717) is 0 Å². The number of hydrogen-bond donors (Lipinski definition) is 2. The fourth-order valence-corrected chi connectivity index (χ4v) is 2.84. The summed E-state index contributed by atoms with van der Waals surface area (Å²) in [5.41, 5.74) is 0. The highest BCUT2D eigenvalue weighted by atomic mass is 35.5. The molecule has 0 heterocycles. The predicted molar refractivity (Wildman–Crippen MR) is 74.3 cm³/mol. The van der Waals surface area contributed by atoms with E-state index in [0.717, 1.165) is 0 Å². The van der Waals surface area contributed by atoms with Gasteiger partial charge in [-0.25, -0.2) is 13.1 Å². The van der Waals surface area contributed by atoms with Crippen molar-refractivity contribution in [3.05, 3.63) is 0 Å². The first kappa shape index (κ1) is 33.0. The van der Waals surface area contributed by atoms with Crippen molar-refractivity contribution in [2.45, 2.75) is 53.1 Å². The number of nitrogens with one attached hydrogen (secondary N) is 1. The van der Waals surface area contributed by atoms with Crippen LogP contribution < -0.4 is 4.72 Å². The van der Waals surface area contributed by atoms with Gasteiger partial charge >= 0.3 is 47.0 Å². The maximum atomic E-state index is 13.6. The summed E-state index contributed by atoms with van der Waals surface area (Å²) in [6.07, 6.45) is -10.1. The summed E-state index contributed by atoms with van der Waals surface area (Å²) in [5, 5.41) is 1.14. The van der Waals surface area contributed by atoms with Crippen molar-refractivity contribution in [1.29, 1.82) is 0 Å². The normalized spacial score (nSPS) is 17.1. The first-order valence-electron chi connectivity index (χ1n) is 7.40. The quantitative estimate of drug-likeness (QED) is 0.275. The average Bonchev–Trinajstić information content (AvgIpc) is 2.63. The van der Waals surface area contributed by atoms with Gasteiger partial charge < -0.3 is 5.11 Å². The van der Waals surface area contributed by atoms with Crippen molar-refractivity contribution >= 4 is 21.6 Å². The van der Waals surface area contributed by atoms with Crippen LogP contribution in [0.5, 0.6) is 0 Å². The molecule has 0 aliphatic carbocycles. The van der Waals surface area contributed by atoms with E-state index in [-0.39, 0.29) is 4.72 Å². The molecule has 0 aromatic rings. The molecule has 34 heavy (non-hydrogen) atoms. The van der Waals surface area contributed by atoms with Crippen molar-refractivity contribution in [3.8, 4) is 0 Å². The predicted octanol–water partition coefficient (Wildman–Crippen LogP) is 4.47. The van der Waals surface area contributed by atoms with Gasteiger partial charge in [-0.15, -0.1) is 11.6 Å². The van der Waals surface area contributed by atoms with E-state index in [2.05, 4.69) is 0 Å². The Bertz CT molecular complexity index is 840.